The summed E-state index contributed by atoms with van der Waals surface area (Å²) in [5.41, 5.74) is 5.98. The molecule has 0 aromatic heterocycles. The smallest absolute Gasteiger partial charge is 0.00232 e. The molecular formula is C7H15N. The van der Waals surface area contributed by atoms with Crippen molar-refractivity contribution in [2.24, 2.45) is 17.1 Å². The lowest BCUT2D eigenvalue weighted by Gasteiger charge is -2.20. The summed E-state index contributed by atoms with van der Waals surface area (Å²) in [5, 5.41) is 0. The Morgan fingerprint density at radius 1 is 1.50 bits per heavy atom. The van der Waals surface area contributed by atoms with E-state index in [1.54, 1.807) is 0 Å². The van der Waals surface area contributed by atoms with E-state index in [1.165, 1.54) is 12.8 Å². The molecular weight excluding hydrogens is 98.1 g/mol. The fourth-order valence-electron chi connectivity index (χ4n) is 1.03. The molecule has 1 rings (SSSR count). The number of hydrogen-bond acceptors (Lipinski definition) is 1. The van der Waals surface area contributed by atoms with E-state index >= 15 is 0 Å². The Labute approximate surface area is 51.3 Å². The highest BCUT2D eigenvalue weighted by Crippen LogP contribution is 2.44. The largest absolute Gasteiger partial charge is 0.330 e. The van der Waals surface area contributed by atoms with Gasteiger partial charge < -0.3 is 5.73 Å². The molecule has 8 heavy (non-hydrogen) atoms. The molecule has 0 radical (unpaired) electrons. The fourth-order valence-corrected chi connectivity index (χ4v) is 1.03. The maximum Gasteiger partial charge on any atom is -0.00232 e. The highest BCUT2D eigenvalue weighted by atomic mass is 14.6. The van der Waals surface area contributed by atoms with Gasteiger partial charge in [0.25, 0.3) is 0 Å². The Morgan fingerprint density at radius 3 is 2.12 bits per heavy atom. The Hall–Kier alpha value is -0.0400. The SMILES string of the molecule is CC(C)(CN)C1CC1. The molecule has 0 spiro atoms. The van der Waals surface area contributed by atoms with Gasteiger partial charge in [-0.15, -0.1) is 0 Å². The van der Waals surface area contributed by atoms with Crippen LogP contribution in [0.3, 0.4) is 0 Å². The molecule has 0 saturated heterocycles. The first-order valence-electron chi connectivity index (χ1n) is 3.37. The highest BCUT2D eigenvalue weighted by Gasteiger charge is 2.36. The maximum atomic E-state index is 5.55. The Bertz CT molecular complexity index is 82.4. The molecule has 1 saturated carbocycles. The van der Waals surface area contributed by atoms with Crippen LogP contribution >= 0.6 is 0 Å². The molecule has 0 aromatic carbocycles. The molecule has 2 N–H and O–H groups in total. The lowest BCUT2D eigenvalue weighted by Crippen LogP contribution is -2.25. The van der Waals surface area contributed by atoms with E-state index in [2.05, 4.69) is 13.8 Å². The molecule has 1 aliphatic rings. The number of rotatable bonds is 2. The molecule has 1 aliphatic carbocycles. The van der Waals surface area contributed by atoms with Gasteiger partial charge in [0.1, 0.15) is 0 Å². The van der Waals surface area contributed by atoms with Gasteiger partial charge >= 0.3 is 0 Å². The fraction of sp³-hybridized carbons (Fsp3) is 1.00. The van der Waals surface area contributed by atoms with Crippen LogP contribution < -0.4 is 5.73 Å². The van der Waals surface area contributed by atoms with Crippen molar-refractivity contribution in [3.05, 3.63) is 0 Å². The lowest BCUT2D eigenvalue weighted by atomic mass is 9.88. The van der Waals surface area contributed by atoms with E-state index in [4.69, 9.17) is 5.73 Å². The molecule has 0 aromatic rings. The van der Waals surface area contributed by atoms with Gasteiger partial charge in [0.15, 0.2) is 0 Å². The van der Waals surface area contributed by atoms with Crippen LogP contribution in [0.5, 0.6) is 0 Å². The molecule has 48 valence electrons. The van der Waals surface area contributed by atoms with Crippen LogP contribution in [-0.4, -0.2) is 6.54 Å². The summed E-state index contributed by atoms with van der Waals surface area (Å²) in [6.45, 7) is 5.35. The van der Waals surface area contributed by atoms with Crippen LogP contribution in [-0.2, 0) is 0 Å². The van der Waals surface area contributed by atoms with Crippen LogP contribution in [0.25, 0.3) is 0 Å². The summed E-state index contributed by atoms with van der Waals surface area (Å²) in [6, 6.07) is 0. The third-order valence-corrected chi connectivity index (χ3v) is 2.21. The zero-order valence-corrected chi connectivity index (χ0v) is 5.78. The summed E-state index contributed by atoms with van der Waals surface area (Å²) in [5.74, 6) is 0.937. The van der Waals surface area contributed by atoms with Crippen molar-refractivity contribution < 1.29 is 0 Å². The molecule has 0 atom stereocenters. The monoisotopic (exact) mass is 113 g/mol. The zero-order valence-electron chi connectivity index (χ0n) is 5.78. The van der Waals surface area contributed by atoms with E-state index < -0.39 is 0 Å². The van der Waals surface area contributed by atoms with Gasteiger partial charge in [-0.25, -0.2) is 0 Å². The van der Waals surface area contributed by atoms with Gasteiger partial charge in [0, 0.05) is 0 Å². The van der Waals surface area contributed by atoms with Gasteiger partial charge in [-0.3, -0.25) is 0 Å². The van der Waals surface area contributed by atoms with Crippen LogP contribution in [0.2, 0.25) is 0 Å². The van der Waals surface area contributed by atoms with E-state index in [1.807, 2.05) is 0 Å². The normalized spacial score (nSPS) is 21.4. The quantitative estimate of drug-likeness (QED) is 0.575. The average molecular weight is 113 g/mol. The Balaban J connectivity index is 2.37. The standard InChI is InChI=1S/C7H15N/c1-7(2,5-8)6-3-4-6/h6H,3-5,8H2,1-2H3. The van der Waals surface area contributed by atoms with Crippen molar-refractivity contribution in [3.63, 3.8) is 0 Å². The first kappa shape index (κ1) is 6.09. The van der Waals surface area contributed by atoms with Crippen molar-refractivity contribution in [3.8, 4) is 0 Å². The summed E-state index contributed by atoms with van der Waals surface area (Å²) < 4.78 is 0. The summed E-state index contributed by atoms with van der Waals surface area (Å²) in [4.78, 5) is 0. The van der Waals surface area contributed by atoms with Gasteiger partial charge in [-0.05, 0) is 30.7 Å². The molecule has 0 aliphatic heterocycles. The van der Waals surface area contributed by atoms with Crippen molar-refractivity contribution in [2.75, 3.05) is 6.54 Å². The van der Waals surface area contributed by atoms with Crippen LogP contribution in [0, 0.1) is 11.3 Å². The minimum Gasteiger partial charge on any atom is -0.330 e. The maximum absolute atomic E-state index is 5.55. The number of nitrogens with two attached hydrogens (primary N) is 1. The van der Waals surface area contributed by atoms with Gasteiger partial charge in [0.2, 0.25) is 0 Å². The minimum absolute atomic E-state index is 0.431. The van der Waals surface area contributed by atoms with E-state index in [9.17, 15) is 0 Å². The Kier molecular flexibility index (Phi) is 1.31. The van der Waals surface area contributed by atoms with Crippen LogP contribution in [0.15, 0.2) is 0 Å². The van der Waals surface area contributed by atoms with Crippen molar-refractivity contribution in [2.45, 2.75) is 26.7 Å². The average Bonchev–Trinajstić information content (AvgIpc) is 2.44. The molecule has 0 bridgehead atoms. The third-order valence-electron chi connectivity index (χ3n) is 2.21. The first-order chi connectivity index (χ1) is 3.67. The lowest BCUT2D eigenvalue weighted by molar-refractivity contribution is 0.322. The molecule has 0 amide bonds. The van der Waals surface area contributed by atoms with E-state index in [0.29, 0.717) is 5.41 Å². The molecule has 1 heteroatoms. The second-order valence-electron chi connectivity index (χ2n) is 3.47. The highest BCUT2D eigenvalue weighted by molar-refractivity contribution is 4.88. The van der Waals surface area contributed by atoms with E-state index in [0.717, 1.165) is 12.5 Å². The van der Waals surface area contributed by atoms with Crippen molar-refractivity contribution >= 4 is 0 Å². The molecule has 0 heterocycles. The molecule has 0 unspecified atom stereocenters. The zero-order chi connectivity index (χ0) is 6.20. The van der Waals surface area contributed by atoms with Gasteiger partial charge in [0.05, 0.1) is 0 Å². The van der Waals surface area contributed by atoms with Crippen LogP contribution in [0.1, 0.15) is 26.7 Å². The summed E-state index contributed by atoms with van der Waals surface area (Å²) in [7, 11) is 0. The number of hydrogen-bond donors (Lipinski definition) is 1. The molecule has 1 fully saturated rings. The van der Waals surface area contributed by atoms with Crippen LogP contribution in [0.4, 0.5) is 0 Å². The van der Waals surface area contributed by atoms with Crippen molar-refractivity contribution in [1.29, 1.82) is 0 Å². The summed E-state index contributed by atoms with van der Waals surface area (Å²) in [6.07, 6.45) is 2.81. The minimum atomic E-state index is 0.431. The van der Waals surface area contributed by atoms with Crippen molar-refractivity contribution in [1.82, 2.24) is 0 Å². The topological polar surface area (TPSA) is 26.0 Å². The Morgan fingerprint density at radius 2 is 2.00 bits per heavy atom. The second-order valence-corrected chi connectivity index (χ2v) is 3.47. The first-order valence-corrected chi connectivity index (χ1v) is 3.37. The van der Waals surface area contributed by atoms with E-state index in [-0.39, 0.29) is 0 Å². The van der Waals surface area contributed by atoms with Gasteiger partial charge in [-0.1, -0.05) is 13.8 Å². The second kappa shape index (κ2) is 1.73. The molecule has 1 nitrogen and oxygen atoms in total. The predicted octanol–water partition coefficient (Wildman–Crippen LogP) is 1.38. The predicted molar refractivity (Wildman–Crippen MR) is 35.6 cm³/mol. The van der Waals surface area contributed by atoms with Gasteiger partial charge in [-0.2, -0.15) is 0 Å². The third kappa shape index (κ3) is 1.03. The summed E-state index contributed by atoms with van der Waals surface area (Å²) >= 11 is 0.